The minimum Gasteiger partial charge on any atom is -0.478 e. The molecule has 1 atom stereocenters. The van der Waals surface area contributed by atoms with Gasteiger partial charge in [-0.05, 0) is 12.2 Å². The number of nitro benzene ring substituents is 1. The smallest absolute Gasteiger partial charge is 0.338 e. The molecule has 1 saturated heterocycles. The van der Waals surface area contributed by atoms with E-state index < -0.39 is 10.9 Å². The fraction of sp³-hybridized carbons (Fsp3) is 0.364. The Morgan fingerprint density at radius 1 is 1.58 bits per heavy atom. The van der Waals surface area contributed by atoms with Crippen LogP contribution < -0.4 is 5.32 Å². The first kappa shape index (κ1) is 14.0. The van der Waals surface area contributed by atoms with Crippen molar-refractivity contribution in [3.05, 3.63) is 32.8 Å². The van der Waals surface area contributed by atoms with Gasteiger partial charge in [-0.15, -0.1) is 0 Å². The maximum absolute atomic E-state index is 11.2. The zero-order valence-corrected chi connectivity index (χ0v) is 11.3. The fourth-order valence-corrected chi connectivity index (χ4v) is 3.29. The van der Waals surface area contributed by atoms with Crippen LogP contribution in [-0.2, 0) is 0 Å². The van der Waals surface area contributed by atoms with E-state index in [1.165, 1.54) is 6.07 Å². The Kier molecular flexibility index (Phi) is 4.16. The molecular weight excluding hydrogens is 292 g/mol. The maximum atomic E-state index is 11.2. The minimum atomic E-state index is -1.24. The van der Waals surface area contributed by atoms with Crippen LogP contribution in [0.25, 0.3) is 0 Å². The van der Waals surface area contributed by atoms with Crippen LogP contribution >= 0.6 is 23.4 Å². The van der Waals surface area contributed by atoms with Gasteiger partial charge in [-0.25, -0.2) is 4.79 Å². The summed E-state index contributed by atoms with van der Waals surface area (Å²) in [7, 11) is 0. The summed E-state index contributed by atoms with van der Waals surface area (Å²) in [6, 6.07) is 2.33. The van der Waals surface area contributed by atoms with Gasteiger partial charge in [-0.2, -0.15) is 11.8 Å². The van der Waals surface area contributed by atoms with Crippen LogP contribution in [0.3, 0.4) is 0 Å². The molecule has 0 aromatic heterocycles. The van der Waals surface area contributed by atoms with Gasteiger partial charge in [0.1, 0.15) is 0 Å². The molecule has 2 N–H and O–H groups in total. The lowest BCUT2D eigenvalue weighted by Crippen LogP contribution is -2.20. The van der Waals surface area contributed by atoms with E-state index in [1.807, 2.05) is 0 Å². The number of carbonyl (C=O) groups is 1. The molecule has 1 aliphatic rings. The van der Waals surface area contributed by atoms with Crippen molar-refractivity contribution in [2.75, 3.05) is 16.8 Å². The van der Waals surface area contributed by atoms with Gasteiger partial charge in [0, 0.05) is 23.9 Å². The number of benzene rings is 1. The lowest BCUT2D eigenvalue weighted by molar-refractivity contribution is -0.384. The molecule has 1 aromatic carbocycles. The van der Waals surface area contributed by atoms with Crippen molar-refractivity contribution in [1.82, 2.24) is 0 Å². The van der Waals surface area contributed by atoms with E-state index >= 15 is 0 Å². The van der Waals surface area contributed by atoms with Gasteiger partial charge in [0.15, 0.2) is 0 Å². The van der Waals surface area contributed by atoms with Gasteiger partial charge < -0.3 is 10.4 Å². The molecule has 2 rings (SSSR count). The molecule has 0 bridgehead atoms. The normalized spacial score (nSPS) is 18.3. The maximum Gasteiger partial charge on any atom is 0.338 e. The molecule has 0 amide bonds. The van der Waals surface area contributed by atoms with Crippen molar-refractivity contribution in [1.29, 1.82) is 0 Å². The van der Waals surface area contributed by atoms with Gasteiger partial charge >= 0.3 is 5.97 Å². The quantitative estimate of drug-likeness (QED) is 0.656. The highest BCUT2D eigenvalue weighted by molar-refractivity contribution is 7.99. The highest BCUT2D eigenvalue weighted by atomic mass is 35.5. The molecule has 1 unspecified atom stereocenters. The van der Waals surface area contributed by atoms with Gasteiger partial charge in [0.05, 0.1) is 21.2 Å². The highest BCUT2D eigenvalue weighted by Gasteiger charge is 2.23. The van der Waals surface area contributed by atoms with Crippen LogP contribution in [0.4, 0.5) is 11.4 Å². The van der Waals surface area contributed by atoms with Crippen molar-refractivity contribution in [3.8, 4) is 0 Å². The summed E-state index contributed by atoms with van der Waals surface area (Å²) in [6.07, 6.45) is 0.914. The van der Waals surface area contributed by atoms with Crippen molar-refractivity contribution >= 4 is 40.7 Å². The Hall–Kier alpha value is -1.47. The molecular formula is C11H11ClN2O4S. The molecule has 6 nitrogen and oxygen atoms in total. The van der Waals surface area contributed by atoms with Crippen molar-refractivity contribution < 1.29 is 14.8 Å². The van der Waals surface area contributed by atoms with E-state index in [9.17, 15) is 14.9 Å². The summed E-state index contributed by atoms with van der Waals surface area (Å²) in [5.74, 6) is 0.635. The number of aromatic carboxylic acids is 1. The third-order valence-corrected chi connectivity index (χ3v) is 4.25. The molecule has 8 heteroatoms. The molecule has 1 aromatic rings. The van der Waals surface area contributed by atoms with E-state index in [0.29, 0.717) is 0 Å². The molecule has 0 radical (unpaired) electrons. The van der Waals surface area contributed by atoms with Gasteiger partial charge in [-0.3, -0.25) is 10.1 Å². The van der Waals surface area contributed by atoms with E-state index in [4.69, 9.17) is 16.7 Å². The molecule has 19 heavy (non-hydrogen) atoms. The summed E-state index contributed by atoms with van der Waals surface area (Å²) in [5, 5.41) is 23.0. The first-order valence-electron chi connectivity index (χ1n) is 5.54. The standard InChI is InChI=1S/C11H11ClN2O4S/c12-9-4-7(14(17)18)3-8(11(15)16)10(9)13-6-1-2-19-5-6/h3-4,6,13H,1-2,5H2,(H,15,16). The Balaban J connectivity index is 2.39. The minimum absolute atomic E-state index is 0.0588. The third-order valence-electron chi connectivity index (χ3n) is 2.79. The number of halogens is 1. The van der Waals surface area contributed by atoms with Gasteiger partial charge in [-0.1, -0.05) is 11.6 Å². The summed E-state index contributed by atoms with van der Waals surface area (Å²) in [6.45, 7) is 0. The molecule has 1 aliphatic heterocycles. The average Bonchev–Trinajstić information content (AvgIpc) is 2.83. The number of thioether (sulfide) groups is 1. The van der Waals surface area contributed by atoms with Crippen molar-refractivity contribution in [2.24, 2.45) is 0 Å². The van der Waals surface area contributed by atoms with Crippen LogP contribution in [-0.4, -0.2) is 33.5 Å². The number of carboxylic acids is 1. The molecule has 1 heterocycles. The predicted octanol–water partition coefficient (Wildman–Crippen LogP) is 2.86. The van der Waals surface area contributed by atoms with Crippen LogP contribution in [0.5, 0.6) is 0 Å². The third kappa shape index (κ3) is 3.10. The predicted molar refractivity (Wildman–Crippen MR) is 74.4 cm³/mol. The van der Waals surface area contributed by atoms with E-state index in [1.54, 1.807) is 11.8 Å². The lowest BCUT2D eigenvalue weighted by atomic mass is 10.1. The van der Waals surface area contributed by atoms with Gasteiger partial charge in [0.25, 0.3) is 5.69 Å². The first-order chi connectivity index (χ1) is 8.99. The zero-order chi connectivity index (χ0) is 14.0. The number of anilines is 1. The highest BCUT2D eigenvalue weighted by Crippen LogP contribution is 2.33. The molecule has 0 aliphatic carbocycles. The Morgan fingerprint density at radius 3 is 2.84 bits per heavy atom. The van der Waals surface area contributed by atoms with E-state index in [2.05, 4.69) is 5.32 Å². The first-order valence-corrected chi connectivity index (χ1v) is 7.08. The van der Waals surface area contributed by atoms with Crippen LogP contribution in [0.15, 0.2) is 12.1 Å². The summed E-state index contributed by atoms with van der Waals surface area (Å²) < 4.78 is 0. The van der Waals surface area contributed by atoms with Crippen LogP contribution in [0.2, 0.25) is 5.02 Å². The van der Waals surface area contributed by atoms with Crippen molar-refractivity contribution in [2.45, 2.75) is 12.5 Å². The number of nitrogens with zero attached hydrogens (tertiary/aromatic N) is 1. The van der Waals surface area contributed by atoms with Gasteiger partial charge in [0.2, 0.25) is 0 Å². The number of nitrogens with one attached hydrogen (secondary N) is 1. The monoisotopic (exact) mass is 302 g/mol. The van der Waals surface area contributed by atoms with E-state index in [-0.39, 0.29) is 28.0 Å². The Bertz CT molecular complexity index is 532. The molecule has 0 spiro atoms. The van der Waals surface area contributed by atoms with Crippen molar-refractivity contribution in [3.63, 3.8) is 0 Å². The summed E-state index contributed by atoms with van der Waals surface area (Å²) >= 11 is 7.73. The number of hydrogen-bond acceptors (Lipinski definition) is 5. The second kappa shape index (κ2) is 5.66. The van der Waals surface area contributed by atoms with Crippen LogP contribution in [0.1, 0.15) is 16.8 Å². The fourth-order valence-electron chi connectivity index (χ4n) is 1.87. The zero-order valence-electron chi connectivity index (χ0n) is 9.76. The second-order valence-corrected chi connectivity index (χ2v) is 5.67. The van der Waals surface area contributed by atoms with E-state index in [0.717, 1.165) is 24.0 Å². The Morgan fingerprint density at radius 2 is 2.32 bits per heavy atom. The molecule has 102 valence electrons. The molecule has 1 fully saturated rings. The largest absolute Gasteiger partial charge is 0.478 e. The Labute approximate surface area is 118 Å². The summed E-state index contributed by atoms with van der Waals surface area (Å²) in [5.41, 5.74) is -0.239. The number of nitro groups is 1. The second-order valence-electron chi connectivity index (χ2n) is 4.12. The number of non-ortho nitro benzene ring substituents is 1. The topological polar surface area (TPSA) is 92.5 Å². The number of hydrogen-bond donors (Lipinski definition) is 2. The summed E-state index contributed by atoms with van der Waals surface area (Å²) in [4.78, 5) is 21.3. The lowest BCUT2D eigenvalue weighted by Gasteiger charge is -2.16. The average molecular weight is 303 g/mol. The number of carboxylic acid groups (broad SMARTS) is 1. The molecule has 0 saturated carbocycles. The SMILES string of the molecule is O=C(O)c1cc([N+](=O)[O-])cc(Cl)c1NC1CCSC1. The number of rotatable bonds is 4. The van der Waals surface area contributed by atoms with Crippen LogP contribution in [0, 0.1) is 10.1 Å².